The molecular weight excluding hydrogens is 298 g/mol. The molecule has 0 saturated heterocycles. The van der Waals surface area contributed by atoms with E-state index in [-0.39, 0.29) is 16.6 Å². The molecule has 7 nitrogen and oxygen atoms in total. The minimum Gasteiger partial charge on any atom is -0.494 e. The number of benzene rings is 1. The summed E-state index contributed by atoms with van der Waals surface area (Å²) in [4.78, 5) is 26.0. The number of methoxy groups -OCH3 is 1. The van der Waals surface area contributed by atoms with Crippen molar-refractivity contribution in [1.82, 2.24) is 4.98 Å². The van der Waals surface area contributed by atoms with Crippen LogP contribution in [0.25, 0.3) is 0 Å². The van der Waals surface area contributed by atoms with Gasteiger partial charge in [-0.2, -0.15) is 0 Å². The molecule has 1 amide bonds. The van der Waals surface area contributed by atoms with Crippen LogP contribution >= 0.6 is 11.6 Å². The van der Waals surface area contributed by atoms with Crippen LogP contribution in [0.3, 0.4) is 0 Å². The van der Waals surface area contributed by atoms with Crippen LogP contribution in [0.1, 0.15) is 10.4 Å². The number of nitro groups is 1. The number of halogens is 1. The number of rotatable bonds is 4. The Morgan fingerprint density at radius 3 is 2.76 bits per heavy atom. The topological polar surface area (TPSA) is 94.4 Å². The molecule has 108 valence electrons. The van der Waals surface area contributed by atoms with E-state index >= 15 is 0 Å². The molecule has 21 heavy (non-hydrogen) atoms. The fourth-order valence-electron chi connectivity index (χ4n) is 1.63. The van der Waals surface area contributed by atoms with Crippen LogP contribution in [0, 0.1) is 10.1 Å². The molecule has 1 heterocycles. The van der Waals surface area contributed by atoms with Gasteiger partial charge in [-0.05, 0) is 18.2 Å². The predicted octanol–water partition coefficient (Wildman–Crippen LogP) is 2.90. The Bertz CT molecular complexity index is 706. The Kier molecular flexibility index (Phi) is 4.34. The highest BCUT2D eigenvalue weighted by atomic mass is 35.5. The molecule has 0 unspecified atom stereocenters. The molecule has 1 aromatic carbocycles. The zero-order valence-corrected chi connectivity index (χ0v) is 11.6. The van der Waals surface area contributed by atoms with Gasteiger partial charge in [0, 0.05) is 17.8 Å². The summed E-state index contributed by atoms with van der Waals surface area (Å²) in [6, 6.07) is 6.82. The van der Waals surface area contributed by atoms with Crippen molar-refractivity contribution in [2.75, 3.05) is 12.4 Å². The van der Waals surface area contributed by atoms with Gasteiger partial charge in [0.1, 0.15) is 10.9 Å². The third-order valence-electron chi connectivity index (χ3n) is 2.63. The van der Waals surface area contributed by atoms with Crippen molar-refractivity contribution < 1.29 is 14.5 Å². The predicted molar refractivity (Wildman–Crippen MR) is 76.8 cm³/mol. The van der Waals surface area contributed by atoms with Crippen molar-refractivity contribution in [3.63, 3.8) is 0 Å². The number of anilines is 1. The number of non-ortho nitro benzene ring substituents is 1. The van der Waals surface area contributed by atoms with Gasteiger partial charge in [-0.25, -0.2) is 4.98 Å². The van der Waals surface area contributed by atoms with Crippen LogP contribution in [-0.2, 0) is 0 Å². The molecule has 0 radical (unpaired) electrons. The van der Waals surface area contributed by atoms with E-state index in [1.807, 2.05) is 0 Å². The first-order valence-corrected chi connectivity index (χ1v) is 6.14. The Morgan fingerprint density at radius 2 is 2.14 bits per heavy atom. The van der Waals surface area contributed by atoms with Crippen molar-refractivity contribution in [1.29, 1.82) is 0 Å². The highest BCUT2D eigenvalue weighted by Gasteiger charge is 2.14. The van der Waals surface area contributed by atoms with Crippen molar-refractivity contribution in [2.45, 2.75) is 0 Å². The Balaban J connectivity index is 2.27. The molecule has 2 rings (SSSR count). The molecular formula is C13H10ClN3O4. The van der Waals surface area contributed by atoms with E-state index in [0.717, 1.165) is 0 Å². The van der Waals surface area contributed by atoms with Gasteiger partial charge in [0.25, 0.3) is 11.6 Å². The van der Waals surface area contributed by atoms with Gasteiger partial charge >= 0.3 is 0 Å². The molecule has 1 N–H and O–H groups in total. The molecule has 0 atom stereocenters. The lowest BCUT2D eigenvalue weighted by atomic mass is 10.2. The van der Waals surface area contributed by atoms with Crippen molar-refractivity contribution in [3.8, 4) is 5.75 Å². The largest absolute Gasteiger partial charge is 0.494 e. The molecule has 0 saturated carbocycles. The van der Waals surface area contributed by atoms with Crippen molar-refractivity contribution in [2.24, 2.45) is 0 Å². The van der Waals surface area contributed by atoms with Gasteiger partial charge in [0.15, 0.2) is 0 Å². The first kappa shape index (κ1) is 14.7. The van der Waals surface area contributed by atoms with Gasteiger partial charge in [-0.1, -0.05) is 11.6 Å². The van der Waals surface area contributed by atoms with Crippen LogP contribution in [0.2, 0.25) is 5.15 Å². The third-order valence-corrected chi connectivity index (χ3v) is 2.84. The maximum atomic E-state index is 12.1. The first-order valence-electron chi connectivity index (χ1n) is 5.76. The van der Waals surface area contributed by atoms with Crippen LogP contribution in [0.5, 0.6) is 5.75 Å². The van der Waals surface area contributed by atoms with Crippen molar-refractivity contribution >= 4 is 28.9 Å². The molecule has 0 aliphatic carbocycles. The van der Waals surface area contributed by atoms with Crippen molar-refractivity contribution in [3.05, 3.63) is 57.4 Å². The first-order chi connectivity index (χ1) is 10.0. The van der Waals surface area contributed by atoms with E-state index in [1.54, 1.807) is 0 Å². The number of aromatic nitrogens is 1. The number of carbonyl (C=O) groups excluding carboxylic acids is 1. The Morgan fingerprint density at radius 1 is 1.38 bits per heavy atom. The molecule has 8 heteroatoms. The number of hydrogen-bond donors (Lipinski definition) is 1. The fraction of sp³-hybridized carbons (Fsp3) is 0.0769. The van der Waals surface area contributed by atoms with Gasteiger partial charge < -0.3 is 10.1 Å². The van der Waals surface area contributed by atoms with Crippen LogP contribution in [0.15, 0.2) is 36.5 Å². The summed E-state index contributed by atoms with van der Waals surface area (Å²) in [6.45, 7) is 0. The molecule has 2 aromatic rings. The van der Waals surface area contributed by atoms with E-state index < -0.39 is 10.8 Å². The number of pyridine rings is 1. The normalized spacial score (nSPS) is 10.0. The van der Waals surface area contributed by atoms with E-state index in [2.05, 4.69) is 10.3 Å². The van der Waals surface area contributed by atoms with Crippen LogP contribution < -0.4 is 10.1 Å². The average molecular weight is 308 g/mol. The molecule has 0 fully saturated rings. The summed E-state index contributed by atoms with van der Waals surface area (Å²) in [7, 11) is 1.36. The van der Waals surface area contributed by atoms with Gasteiger partial charge in [-0.3, -0.25) is 14.9 Å². The number of nitrogens with one attached hydrogen (secondary N) is 1. The lowest BCUT2D eigenvalue weighted by Crippen LogP contribution is -2.12. The van der Waals surface area contributed by atoms with E-state index in [4.69, 9.17) is 16.3 Å². The lowest BCUT2D eigenvalue weighted by molar-refractivity contribution is -0.384. The van der Waals surface area contributed by atoms with Crippen LogP contribution in [0.4, 0.5) is 11.4 Å². The summed E-state index contributed by atoms with van der Waals surface area (Å²) in [5.41, 5.74) is 0.508. The van der Waals surface area contributed by atoms with Gasteiger partial charge in [-0.15, -0.1) is 0 Å². The SMILES string of the molecule is COc1cc([N+](=O)[O-])ccc1NC(=O)c1ccnc(Cl)c1. The number of ether oxygens (including phenoxy) is 1. The smallest absolute Gasteiger partial charge is 0.273 e. The minimum atomic E-state index is -0.545. The highest BCUT2D eigenvalue weighted by Crippen LogP contribution is 2.29. The van der Waals surface area contributed by atoms with Crippen LogP contribution in [-0.4, -0.2) is 22.9 Å². The Labute approximate surface area is 124 Å². The molecule has 0 aliphatic heterocycles. The molecule has 0 bridgehead atoms. The minimum absolute atomic E-state index is 0.128. The number of amides is 1. The van der Waals surface area contributed by atoms with Gasteiger partial charge in [0.05, 0.1) is 23.8 Å². The molecule has 1 aromatic heterocycles. The number of nitrogens with zero attached hydrogens (tertiary/aromatic N) is 2. The lowest BCUT2D eigenvalue weighted by Gasteiger charge is -2.10. The van der Waals surface area contributed by atoms with Gasteiger partial charge in [0.2, 0.25) is 0 Å². The second-order valence-electron chi connectivity index (χ2n) is 3.96. The van der Waals surface area contributed by atoms with E-state index in [1.165, 1.54) is 43.6 Å². The number of carbonyl (C=O) groups is 1. The maximum Gasteiger partial charge on any atom is 0.273 e. The second kappa shape index (κ2) is 6.19. The summed E-state index contributed by atoms with van der Waals surface area (Å²) >= 11 is 5.72. The molecule has 0 spiro atoms. The third kappa shape index (κ3) is 3.46. The fourth-order valence-corrected chi connectivity index (χ4v) is 1.81. The quantitative estimate of drug-likeness (QED) is 0.532. The number of nitro benzene ring substituents is 1. The standard InChI is InChI=1S/C13H10ClN3O4/c1-21-11-7-9(17(19)20)2-3-10(11)16-13(18)8-4-5-15-12(14)6-8/h2-7H,1H3,(H,16,18). The van der Waals surface area contributed by atoms with E-state index in [0.29, 0.717) is 11.3 Å². The summed E-state index contributed by atoms with van der Waals surface area (Å²) < 4.78 is 5.04. The monoisotopic (exact) mass is 307 g/mol. The highest BCUT2D eigenvalue weighted by molar-refractivity contribution is 6.29. The zero-order valence-electron chi connectivity index (χ0n) is 10.9. The maximum absolute atomic E-state index is 12.1. The Hall–Kier alpha value is -2.67. The zero-order chi connectivity index (χ0) is 15.4. The summed E-state index contributed by atoms with van der Waals surface area (Å²) in [6.07, 6.45) is 1.41. The average Bonchev–Trinajstić information content (AvgIpc) is 2.47. The second-order valence-corrected chi connectivity index (χ2v) is 4.35. The summed E-state index contributed by atoms with van der Waals surface area (Å²) in [5, 5.41) is 13.5. The molecule has 0 aliphatic rings. The number of hydrogen-bond acceptors (Lipinski definition) is 5. The summed E-state index contributed by atoms with van der Waals surface area (Å²) in [5.74, 6) is -0.232. The van der Waals surface area contributed by atoms with E-state index in [9.17, 15) is 14.9 Å².